The number of benzene rings is 1. The quantitative estimate of drug-likeness (QED) is 0.417. The Kier molecular flexibility index (Phi) is 6.52. The summed E-state index contributed by atoms with van der Waals surface area (Å²) < 4.78 is 36.9. The second-order valence-electron chi connectivity index (χ2n) is 8.21. The number of hydrogen-bond donors (Lipinski definition) is 2. The maximum atomic E-state index is 13.1. The standard InChI is InChI=1S/C22H23NO13/c1-7(24)33-17-12-10-5-11-16(32-6-31-11)15(27)13(10)21(28)23-14(12)18(36-22(29)30-4)20(35-9(3)26)19(17)34-8(2)25/h5,12,14,17-20,27H,6H2,1-4H3,(H,23,28)/t12-,14-,17-,18+,19+,20+/m1/s1. The molecule has 0 radical (unpaired) electrons. The molecule has 194 valence electrons. The molecule has 4 rings (SSSR count). The van der Waals surface area contributed by atoms with E-state index in [2.05, 4.69) is 10.1 Å². The van der Waals surface area contributed by atoms with Crippen molar-refractivity contribution in [1.82, 2.24) is 5.32 Å². The van der Waals surface area contributed by atoms with E-state index in [9.17, 15) is 29.1 Å². The Morgan fingerprint density at radius 1 is 0.917 bits per heavy atom. The maximum Gasteiger partial charge on any atom is 0.508 e. The minimum absolute atomic E-state index is 0.0566. The van der Waals surface area contributed by atoms with Gasteiger partial charge in [-0.2, -0.15) is 0 Å². The molecule has 0 unspecified atom stereocenters. The molecule has 1 saturated carbocycles. The van der Waals surface area contributed by atoms with Crippen LogP contribution in [-0.2, 0) is 38.1 Å². The molecule has 3 aliphatic rings. The average molecular weight is 509 g/mol. The number of hydrogen-bond acceptors (Lipinski definition) is 13. The van der Waals surface area contributed by atoms with Crippen molar-refractivity contribution >= 4 is 30.0 Å². The Hall–Kier alpha value is -4.23. The summed E-state index contributed by atoms with van der Waals surface area (Å²) >= 11 is 0. The number of nitrogens with one attached hydrogen (secondary N) is 1. The lowest BCUT2D eigenvalue weighted by atomic mass is 9.69. The van der Waals surface area contributed by atoms with E-state index in [1.54, 1.807) is 0 Å². The predicted octanol–water partition coefficient (Wildman–Crippen LogP) is 0.277. The fraction of sp³-hybridized carbons (Fsp3) is 0.500. The molecule has 36 heavy (non-hydrogen) atoms. The molecule has 0 spiro atoms. The zero-order valence-electron chi connectivity index (χ0n) is 19.6. The van der Waals surface area contributed by atoms with Gasteiger partial charge in [-0.1, -0.05) is 0 Å². The van der Waals surface area contributed by atoms with Crippen molar-refractivity contribution in [1.29, 1.82) is 0 Å². The van der Waals surface area contributed by atoms with E-state index in [1.165, 1.54) is 6.07 Å². The summed E-state index contributed by atoms with van der Waals surface area (Å²) in [5.41, 5.74) is -0.0735. The van der Waals surface area contributed by atoms with Crippen molar-refractivity contribution in [2.24, 2.45) is 0 Å². The number of ether oxygens (including phenoxy) is 7. The van der Waals surface area contributed by atoms with Gasteiger partial charge in [0.2, 0.25) is 12.5 Å². The number of aromatic hydroxyl groups is 1. The fourth-order valence-corrected chi connectivity index (χ4v) is 4.79. The second-order valence-corrected chi connectivity index (χ2v) is 8.21. The van der Waals surface area contributed by atoms with Gasteiger partial charge in [0, 0.05) is 20.8 Å². The van der Waals surface area contributed by atoms with Gasteiger partial charge in [0.25, 0.3) is 5.91 Å². The van der Waals surface area contributed by atoms with Gasteiger partial charge in [-0.15, -0.1) is 0 Å². The van der Waals surface area contributed by atoms with Crippen molar-refractivity contribution < 1.29 is 62.2 Å². The first-order chi connectivity index (χ1) is 17.0. The number of esters is 3. The largest absolute Gasteiger partial charge is 0.508 e. The van der Waals surface area contributed by atoms with Gasteiger partial charge in [-0.05, 0) is 11.6 Å². The van der Waals surface area contributed by atoms with Crippen molar-refractivity contribution in [2.75, 3.05) is 13.9 Å². The predicted molar refractivity (Wildman–Crippen MR) is 112 cm³/mol. The van der Waals surface area contributed by atoms with Crippen molar-refractivity contribution in [3.8, 4) is 17.2 Å². The van der Waals surface area contributed by atoms with Crippen LogP contribution < -0.4 is 14.8 Å². The Balaban J connectivity index is 1.94. The lowest BCUT2D eigenvalue weighted by Gasteiger charge is -2.50. The molecule has 14 nitrogen and oxygen atoms in total. The first-order valence-electron chi connectivity index (χ1n) is 10.8. The SMILES string of the molecule is COC(=O)O[C@H]1[C@@H]2NC(=O)c3c(cc4c(c3O)OCO4)[C@H]2[C@@H](OC(C)=O)[C@H](OC(C)=O)[C@H]1OC(C)=O. The van der Waals surface area contributed by atoms with Crippen LogP contribution in [0, 0.1) is 0 Å². The van der Waals surface area contributed by atoms with Gasteiger partial charge in [0.15, 0.2) is 35.9 Å². The Labute approximate surface area is 203 Å². The molecule has 14 heteroatoms. The van der Waals surface area contributed by atoms with Crippen LogP contribution in [0.5, 0.6) is 17.2 Å². The minimum Gasteiger partial charge on any atom is -0.504 e. The highest BCUT2D eigenvalue weighted by atomic mass is 16.7. The van der Waals surface area contributed by atoms with Crippen LogP contribution >= 0.6 is 0 Å². The van der Waals surface area contributed by atoms with Crippen molar-refractivity contribution in [3.05, 3.63) is 17.2 Å². The van der Waals surface area contributed by atoms with E-state index in [0.717, 1.165) is 27.9 Å². The number of fused-ring (bicyclic) bond motifs is 4. The summed E-state index contributed by atoms with van der Waals surface area (Å²) in [6.07, 6.45) is -7.01. The topological polar surface area (TPSA) is 182 Å². The van der Waals surface area contributed by atoms with Crippen LogP contribution in [0.1, 0.15) is 42.6 Å². The van der Waals surface area contributed by atoms with E-state index in [0.29, 0.717) is 0 Å². The summed E-state index contributed by atoms with van der Waals surface area (Å²) in [6, 6.07) is 0.223. The van der Waals surface area contributed by atoms with Gasteiger partial charge in [-0.25, -0.2) is 4.79 Å². The summed E-state index contributed by atoms with van der Waals surface area (Å²) in [5, 5.41) is 13.4. The highest BCUT2D eigenvalue weighted by molar-refractivity contribution is 6.01. The molecule has 0 bridgehead atoms. The molecular formula is C22H23NO13. The van der Waals surface area contributed by atoms with E-state index in [4.69, 9.17) is 28.4 Å². The molecule has 1 aliphatic carbocycles. The zero-order valence-corrected chi connectivity index (χ0v) is 19.6. The van der Waals surface area contributed by atoms with Gasteiger partial charge in [0.05, 0.1) is 24.6 Å². The Morgan fingerprint density at radius 2 is 1.50 bits per heavy atom. The monoisotopic (exact) mass is 509 g/mol. The molecule has 0 aromatic heterocycles. The first kappa shape index (κ1) is 24.9. The molecule has 1 aromatic rings. The molecule has 1 aromatic carbocycles. The van der Waals surface area contributed by atoms with E-state index in [-0.39, 0.29) is 29.4 Å². The van der Waals surface area contributed by atoms with Crippen LogP contribution in [-0.4, -0.2) is 79.4 Å². The Morgan fingerprint density at radius 3 is 2.08 bits per heavy atom. The summed E-state index contributed by atoms with van der Waals surface area (Å²) in [6.45, 7) is 3.05. The smallest absolute Gasteiger partial charge is 0.504 e. The molecule has 1 fully saturated rings. The molecule has 6 atom stereocenters. The third-order valence-corrected chi connectivity index (χ3v) is 5.92. The van der Waals surface area contributed by atoms with Crippen LogP contribution in [0.2, 0.25) is 0 Å². The number of methoxy groups -OCH3 is 1. The molecule has 0 saturated heterocycles. The summed E-state index contributed by atoms with van der Waals surface area (Å²) in [5.74, 6) is -4.76. The van der Waals surface area contributed by atoms with E-state index < -0.39 is 72.1 Å². The van der Waals surface area contributed by atoms with Crippen molar-refractivity contribution in [2.45, 2.75) is 57.1 Å². The third-order valence-electron chi connectivity index (χ3n) is 5.92. The first-order valence-corrected chi connectivity index (χ1v) is 10.8. The maximum absolute atomic E-state index is 13.1. The third kappa shape index (κ3) is 4.29. The molecule has 2 N–H and O–H groups in total. The van der Waals surface area contributed by atoms with Crippen LogP contribution in [0.4, 0.5) is 4.79 Å². The highest BCUT2D eigenvalue weighted by Gasteiger charge is 2.61. The number of phenols is 1. The molecule has 1 amide bonds. The van der Waals surface area contributed by atoms with E-state index in [1.807, 2.05) is 0 Å². The number of carbonyl (C=O) groups is 5. The highest BCUT2D eigenvalue weighted by Crippen LogP contribution is 2.51. The number of carbonyl (C=O) groups excluding carboxylic acids is 5. The van der Waals surface area contributed by atoms with Gasteiger partial charge >= 0.3 is 24.1 Å². The van der Waals surface area contributed by atoms with E-state index >= 15 is 0 Å². The van der Waals surface area contributed by atoms with Gasteiger partial charge in [0.1, 0.15) is 0 Å². The van der Waals surface area contributed by atoms with Gasteiger partial charge in [-0.3, -0.25) is 19.2 Å². The normalized spacial score (nSPS) is 27.5. The summed E-state index contributed by atoms with van der Waals surface area (Å²) in [4.78, 5) is 61.4. The Bertz CT molecular complexity index is 1130. The lowest BCUT2D eigenvalue weighted by molar-refractivity contribution is -0.212. The molecule has 2 aliphatic heterocycles. The van der Waals surface area contributed by atoms with Crippen LogP contribution in [0.15, 0.2) is 6.07 Å². The molecule has 2 heterocycles. The van der Waals surface area contributed by atoms with Crippen LogP contribution in [0.3, 0.4) is 0 Å². The molecular weight excluding hydrogens is 486 g/mol. The second kappa shape index (κ2) is 9.43. The minimum atomic E-state index is -1.51. The number of rotatable bonds is 4. The van der Waals surface area contributed by atoms with Crippen molar-refractivity contribution in [3.63, 3.8) is 0 Å². The number of phenolic OH excluding ortho intramolecular Hbond substituents is 1. The summed E-state index contributed by atoms with van der Waals surface area (Å²) in [7, 11) is 1.04. The number of amides is 1. The van der Waals surface area contributed by atoms with Gasteiger partial charge < -0.3 is 43.6 Å². The zero-order chi connectivity index (χ0) is 26.3. The lowest BCUT2D eigenvalue weighted by Crippen LogP contribution is -2.69. The average Bonchev–Trinajstić information content (AvgIpc) is 3.26. The van der Waals surface area contributed by atoms with Crippen LogP contribution in [0.25, 0.3) is 0 Å². The fourth-order valence-electron chi connectivity index (χ4n) is 4.79.